The molecule has 0 aliphatic carbocycles. The molecule has 0 radical (unpaired) electrons. The number of benzene rings is 2. The van der Waals surface area contributed by atoms with E-state index in [-0.39, 0.29) is 18.6 Å². The molecule has 0 unspecified atom stereocenters. The topological polar surface area (TPSA) is 58.6 Å². The van der Waals surface area contributed by atoms with Crippen molar-refractivity contribution in [1.29, 1.82) is 0 Å². The number of methoxy groups -OCH3 is 1. The summed E-state index contributed by atoms with van der Waals surface area (Å²) < 4.78 is 5.00. The molecule has 0 heterocycles. The third-order valence-corrected chi connectivity index (χ3v) is 3.38. The van der Waals surface area contributed by atoms with Gasteiger partial charge in [0.05, 0.1) is 13.2 Å². The van der Waals surface area contributed by atoms with E-state index in [1.807, 2.05) is 43.3 Å². The van der Waals surface area contributed by atoms with Gasteiger partial charge in [0.25, 0.3) is 5.91 Å². The van der Waals surface area contributed by atoms with E-state index in [1.54, 1.807) is 19.2 Å². The molecule has 2 aromatic rings. The lowest BCUT2D eigenvalue weighted by atomic mass is 10.0. The Morgan fingerprint density at radius 3 is 2.55 bits per heavy atom. The van der Waals surface area contributed by atoms with Gasteiger partial charge in [0.2, 0.25) is 0 Å². The van der Waals surface area contributed by atoms with Crippen LogP contribution < -0.4 is 5.32 Å². The van der Waals surface area contributed by atoms with Crippen molar-refractivity contribution in [3.8, 4) is 11.1 Å². The number of ether oxygens (including phenoxy) is 1. The number of nitrogens with one attached hydrogen (secondary N) is 1. The van der Waals surface area contributed by atoms with Gasteiger partial charge in [0, 0.05) is 18.7 Å². The average molecular weight is 299 g/mol. The molecular weight excluding hydrogens is 278 g/mol. The van der Waals surface area contributed by atoms with E-state index in [0.29, 0.717) is 12.2 Å². The Labute approximate surface area is 130 Å². The maximum absolute atomic E-state index is 12.1. The Bertz CT molecular complexity index is 622. The lowest BCUT2D eigenvalue weighted by molar-refractivity contribution is 0.0905. The molecule has 1 atom stereocenters. The normalized spacial score (nSPS) is 12.0. The zero-order chi connectivity index (χ0) is 15.9. The molecule has 1 amide bonds. The Morgan fingerprint density at radius 1 is 1.18 bits per heavy atom. The van der Waals surface area contributed by atoms with Crippen LogP contribution in [0.15, 0.2) is 48.5 Å². The van der Waals surface area contributed by atoms with Gasteiger partial charge < -0.3 is 15.2 Å². The minimum atomic E-state index is -0.111. The molecular formula is C18H21NO3. The molecule has 0 aromatic heterocycles. The number of aliphatic hydroxyl groups is 1. The van der Waals surface area contributed by atoms with E-state index in [4.69, 9.17) is 4.74 Å². The van der Waals surface area contributed by atoms with Gasteiger partial charge in [-0.1, -0.05) is 30.3 Å². The molecule has 2 rings (SSSR count). The molecule has 0 aliphatic heterocycles. The smallest absolute Gasteiger partial charge is 0.251 e. The molecule has 0 saturated heterocycles. The fourth-order valence-electron chi connectivity index (χ4n) is 2.26. The monoisotopic (exact) mass is 299 g/mol. The number of hydrogen-bond donors (Lipinski definition) is 2. The molecule has 22 heavy (non-hydrogen) atoms. The van der Waals surface area contributed by atoms with Gasteiger partial charge in [-0.05, 0) is 41.8 Å². The van der Waals surface area contributed by atoms with Crippen molar-refractivity contribution in [2.75, 3.05) is 13.7 Å². The highest BCUT2D eigenvalue weighted by Crippen LogP contribution is 2.21. The van der Waals surface area contributed by atoms with Gasteiger partial charge in [0.1, 0.15) is 0 Å². The van der Waals surface area contributed by atoms with Crippen molar-refractivity contribution in [2.45, 2.75) is 19.6 Å². The van der Waals surface area contributed by atoms with Crippen molar-refractivity contribution in [1.82, 2.24) is 5.32 Å². The Hall–Kier alpha value is -2.17. The first kappa shape index (κ1) is 16.2. The predicted octanol–water partition coefficient (Wildman–Crippen LogP) is 2.61. The zero-order valence-electron chi connectivity index (χ0n) is 12.9. The fraction of sp³-hybridized carbons (Fsp3) is 0.278. The molecule has 116 valence electrons. The van der Waals surface area contributed by atoms with E-state index in [1.165, 1.54) is 0 Å². The van der Waals surface area contributed by atoms with E-state index in [2.05, 4.69) is 5.32 Å². The number of aliphatic hydroxyl groups excluding tert-OH is 1. The Morgan fingerprint density at radius 2 is 1.91 bits per heavy atom. The van der Waals surface area contributed by atoms with Crippen LogP contribution in [0.3, 0.4) is 0 Å². The second-order valence-electron chi connectivity index (χ2n) is 5.27. The summed E-state index contributed by atoms with van der Waals surface area (Å²) in [5.74, 6) is -0.111. The average Bonchev–Trinajstić information content (AvgIpc) is 2.55. The summed E-state index contributed by atoms with van der Waals surface area (Å²) in [6.07, 6.45) is 0. The number of hydrogen-bond acceptors (Lipinski definition) is 3. The lowest BCUT2D eigenvalue weighted by Crippen LogP contribution is -2.35. The first-order valence-corrected chi connectivity index (χ1v) is 7.24. The summed E-state index contributed by atoms with van der Waals surface area (Å²) in [7, 11) is 1.61. The minimum absolute atomic E-state index is 0.0196. The number of carbonyl (C=O) groups excluding carboxylic acids is 1. The van der Waals surface area contributed by atoms with Crippen molar-refractivity contribution in [3.05, 3.63) is 59.7 Å². The van der Waals surface area contributed by atoms with Gasteiger partial charge >= 0.3 is 0 Å². The van der Waals surface area contributed by atoms with E-state index >= 15 is 0 Å². The van der Waals surface area contributed by atoms with Crippen molar-refractivity contribution >= 4 is 5.91 Å². The summed E-state index contributed by atoms with van der Waals surface area (Å²) in [4.78, 5) is 12.1. The van der Waals surface area contributed by atoms with Gasteiger partial charge in [0.15, 0.2) is 0 Å². The Balaban J connectivity index is 2.11. The standard InChI is InChI=1S/C18H21NO3/c1-13(12-22-2)19-18(21)16-8-6-15(7-9-16)17-5-3-4-14(10-17)11-20/h3-10,13,20H,11-12H2,1-2H3,(H,19,21)/t13-/m1/s1. The molecule has 0 saturated carbocycles. The van der Waals surface area contributed by atoms with E-state index in [0.717, 1.165) is 16.7 Å². The number of rotatable bonds is 6. The van der Waals surface area contributed by atoms with E-state index in [9.17, 15) is 9.90 Å². The van der Waals surface area contributed by atoms with Crippen LogP contribution in [0.1, 0.15) is 22.8 Å². The maximum Gasteiger partial charge on any atom is 0.251 e. The molecule has 0 spiro atoms. The summed E-state index contributed by atoms with van der Waals surface area (Å²) in [6.45, 7) is 2.40. The summed E-state index contributed by atoms with van der Waals surface area (Å²) in [6, 6.07) is 15.1. The summed E-state index contributed by atoms with van der Waals surface area (Å²) in [5.41, 5.74) is 3.51. The van der Waals surface area contributed by atoms with Crippen molar-refractivity contribution < 1.29 is 14.6 Å². The summed E-state index contributed by atoms with van der Waals surface area (Å²) in [5, 5.41) is 12.1. The van der Waals surface area contributed by atoms with Crippen LogP contribution in [0.5, 0.6) is 0 Å². The van der Waals surface area contributed by atoms with Crippen LogP contribution in [0, 0.1) is 0 Å². The minimum Gasteiger partial charge on any atom is -0.392 e. The fourth-order valence-corrected chi connectivity index (χ4v) is 2.26. The molecule has 0 bridgehead atoms. The highest BCUT2D eigenvalue weighted by molar-refractivity contribution is 5.94. The molecule has 0 fully saturated rings. The SMILES string of the molecule is COC[C@@H](C)NC(=O)c1ccc(-c2cccc(CO)c2)cc1. The Kier molecular flexibility index (Phi) is 5.69. The highest BCUT2D eigenvalue weighted by atomic mass is 16.5. The molecule has 4 nitrogen and oxygen atoms in total. The van der Waals surface area contributed by atoms with Crippen LogP contribution >= 0.6 is 0 Å². The van der Waals surface area contributed by atoms with Gasteiger partial charge in [-0.3, -0.25) is 4.79 Å². The van der Waals surface area contributed by atoms with Gasteiger partial charge in [-0.2, -0.15) is 0 Å². The molecule has 0 aliphatic rings. The van der Waals surface area contributed by atoms with E-state index < -0.39 is 0 Å². The molecule has 2 N–H and O–H groups in total. The van der Waals surface area contributed by atoms with Crippen LogP contribution in [0.4, 0.5) is 0 Å². The van der Waals surface area contributed by atoms with Crippen LogP contribution in [-0.4, -0.2) is 30.8 Å². The van der Waals surface area contributed by atoms with Gasteiger partial charge in [-0.15, -0.1) is 0 Å². The first-order valence-electron chi connectivity index (χ1n) is 7.24. The third kappa shape index (κ3) is 4.16. The maximum atomic E-state index is 12.1. The lowest BCUT2D eigenvalue weighted by Gasteiger charge is -2.13. The number of carbonyl (C=O) groups is 1. The summed E-state index contributed by atoms with van der Waals surface area (Å²) >= 11 is 0. The first-order chi connectivity index (χ1) is 10.6. The van der Waals surface area contributed by atoms with Gasteiger partial charge in [-0.25, -0.2) is 0 Å². The van der Waals surface area contributed by atoms with Crippen LogP contribution in [0.2, 0.25) is 0 Å². The van der Waals surface area contributed by atoms with Crippen LogP contribution in [0.25, 0.3) is 11.1 Å². The predicted molar refractivity (Wildman–Crippen MR) is 86.6 cm³/mol. The second kappa shape index (κ2) is 7.73. The van der Waals surface area contributed by atoms with Crippen LogP contribution in [-0.2, 0) is 11.3 Å². The highest BCUT2D eigenvalue weighted by Gasteiger charge is 2.09. The number of amides is 1. The molecule has 4 heteroatoms. The molecule has 2 aromatic carbocycles. The van der Waals surface area contributed by atoms with Crippen molar-refractivity contribution in [2.24, 2.45) is 0 Å². The quantitative estimate of drug-likeness (QED) is 0.862. The zero-order valence-corrected chi connectivity index (χ0v) is 12.9. The largest absolute Gasteiger partial charge is 0.392 e. The second-order valence-corrected chi connectivity index (χ2v) is 5.27. The van der Waals surface area contributed by atoms with Crippen molar-refractivity contribution in [3.63, 3.8) is 0 Å². The third-order valence-electron chi connectivity index (χ3n) is 3.38.